The van der Waals surface area contributed by atoms with Gasteiger partial charge < -0.3 is 4.74 Å². The molecule has 0 N–H and O–H groups in total. The van der Waals surface area contributed by atoms with Gasteiger partial charge in [-0.2, -0.15) is 0 Å². The first-order valence-corrected chi connectivity index (χ1v) is 4.95. The maximum absolute atomic E-state index is 7.31. The summed E-state index contributed by atoms with van der Waals surface area (Å²) in [5.41, 5.74) is -0.177. The summed E-state index contributed by atoms with van der Waals surface area (Å²) in [5, 5.41) is 0. The van der Waals surface area contributed by atoms with Gasteiger partial charge in [-0.1, -0.05) is 13.8 Å². The number of nitrogens with zero attached hydrogens (tertiary/aromatic N) is 2. The molecule has 2 aliphatic rings. The highest BCUT2D eigenvalue weighted by atomic mass is 16.5. The molecule has 1 heterocycles. The molecule has 1 saturated heterocycles. The molecule has 3 nitrogen and oxygen atoms in total. The van der Waals surface area contributed by atoms with Gasteiger partial charge in [-0.15, -0.1) is 0 Å². The maximum Gasteiger partial charge on any atom is 0.294 e. The molecule has 1 aliphatic carbocycles. The van der Waals surface area contributed by atoms with Crippen molar-refractivity contribution in [2.45, 2.75) is 19.5 Å². The van der Waals surface area contributed by atoms with Crippen molar-refractivity contribution in [1.82, 2.24) is 4.90 Å². The molecule has 0 aromatic heterocycles. The number of hydrogen-bond donors (Lipinski definition) is 0. The van der Waals surface area contributed by atoms with Crippen LogP contribution >= 0.6 is 0 Å². The van der Waals surface area contributed by atoms with Gasteiger partial charge in [0.15, 0.2) is 0 Å². The van der Waals surface area contributed by atoms with E-state index in [0.29, 0.717) is 11.8 Å². The predicted molar refractivity (Wildman–Crippen MR) is 50.1 cm³/mol. The molecule has 2 rings (SSSR count). The van der Waals surface area contributed by atoms with Gasteiger partial charge in [-0.3, -0.25) is 4.85 Å². The lowest BCUT2D eigenvalue weighted by Crippen LogP contribution is -2.45. The van der Waals surface area contributed by atoms with E-state index in [1.807, 2.05) is 0 Å². The Morgan fingerprint density at radius 3 is 2.23 bits per heavy atom. The Balaban J connectivity index is 2.10. The highest BCUT2D eigenvalue weighted by Crippen LogP contribution is 2.55. The second kappa shape index (κ2) is 2.97. The number of ether oxygens (including phenoxy) is 1. The molecule has 72 valence electrons. The van der Waals surface area contributed by atoms with Gasteiger partial charge in [0.1, 0.15) is 0 Å². The lowest BCUT2D eigenvalue weighted by Gasteiger charge is -2.28. The first kappa shape index (κ1) is 8.98. The van der Waals surface area contributed by atoms with E-state index in [1.54, 1.807) is 0 Å². The standard InChI is InChI=1S/C10H16N2O/c1-8-9(2)10(8,11-3)12-4-6-13-7-5-12/h8-9H,4-7H2,1-2H3. The molecule has 3 heteroatoms. The minimum Gasteiger partial charge on any atom is -0.379 e. The quantitative estimate of drug-likeness (QED) is 0.564. The Kier molecular flexibility index (Phi) is 2.05. The molecule has 0 aromatic rings. The summed E-state index contributed by atoms with van der Waals surface area (Å²) < 4.78 is 5.29. The van der Waals surface area contributed by atoms with E-state index < -0.39 is 0 Å². The van der Waals surface area contributed by atoms with Gasteiger partial charge >= 0.3 is 0 Å². The zero-order chi connectivity index (χ0) is 9.47. The third-order valence-corrected chi connectivity index (χ3v) is 3.68. The lowest BCUT2D eigenvalue weighted by atomic mass is 10.3. The molecule has 0 bridgehead atoms. The molecule has 0 aromatic carbocycles. The van der Waals surface area contributed by atoms with E-state index in [1.165, 1.54) is 0 Å². The maximum atomic E-state index is 7.31. The summed E-state index contributed by atoms with van der Waals surface area (Å²) in [4.78, 5) is 6.14. The van der Waals surface area contributed by atoms with Crippen molar-refractivity contribution < 1.29 is 4.74 Å². The monoisotopic (exact) mass is 180 g/mol. The van der Waals surface area contributed by atoms with Gasteiger partial charge in [0.05, 0.1) is 25.0 Å². The molecular formula is C10H16N2O. The van der Waals surface area contributed by atoms with E-state index in [2.05, 4.69) is 23.6 Å². The Labute approximate surface area is 79.5 Å². The summed E-state index contributed by atoms with van der Waals surface area (Å²) in [7, 11) is 0. The van der Waals surface area contributed by atoms with Crippen molar-refractivity contribution in [3.05, 3.63) is 11.4 Å². The average Bonchev–Trinajstić information content (AvgIpc) is 2.72. The van der Waals surface area contributed by atoms with Crippen LogP contribution in [0, 0.1) is 18.4 Å². The fourth-order valence-corrected chi connectivity index (χ4v) is 2.50. The minimum atomic E-state index is -0.177. The zero-order valence-corrected chi connectivity index (χ0v) is 8.29. The fourth-order valence-electron chi connectivity index (χ4n) is 2.50. The summed E-state index contributed by atoms with van der Waals surface area (Å²) in [6.07, 6.45) is 0. The normalized spacial score (nSPS) is 45.6. The Morgan fingerprint density at radius 2 is 1.85 bits per heavy atom. The van der Waals surface area contributed by atoms with Crippen LogP contribution in [0.25, 0.3) is 4.85 Å². The van der Waals surface area contributed by atoms with Gasteiger partial charge in [0, 0.05) is 13.1 Å². The van der Waals surface area contributed by atoms with Crippen LogP contribution in [0.3, 0.4) is 0 Å². The molecule has 13 heavy (non-hydrogen) atoms. The number of rotatable bonds is 1. The molecule has 1 aliphatic heterocycles. The van der Waals surface area contributed by atoms with Crippen LogP contribution < -0.4 is 0 Å². The van der Waals surface area contributed by atoms with E-state index in [4.69, 9.17) is 11.3 Å². The third kappa shape index (κ3) is 1.09. The summed E-state index contributed by atoms with van der Waals surface area (Å²) >= 11 is 0. The van der Waals surface area contributed by atoms with Crippen molar-refractivity contribution in [3.63, 3.8) is 0 Å². The average molecular weight is 180 g/mol. The second-order valence-electron chi connectivity index (χ2n) is 4.07. The largest absolute Gasteiger partial charge is 0.379 e. The molecule has 2 fully saturated rings. The Bertz CT molecular complexity index is 232. The van der Waals surface area contributed by atoms with E-state index in [0.717, 1.165) is 26.3 Å². The van der Waals surface area contributed by atoms with Gasteiger partial charge in [0.25, 0.3) is 5.66 Å². The predicted octanol–water partition coefficient (Wildman–Crippen LogP) is 1.22. The smallest absolute Gasteiger partial charge is 0.294 e. The number of morpholine rings is 1. The highest BCUT2D eigenvalue weighted by Gasteiger charge is 2.71. The van der Waals surface area contributed by atoms with Crippen LogP contribution in [0.5, 0.6) is 0 Å². The van der Waals surface area contributed by atoms with E-state index in [-0.39, 0.29) is 5.66 Å². The highest BCUT2D eigenvalue weighted by molar-refractivity contribution is 5.20. The van der Waals surface area contributed by atoms with Crippen LogP contribution in [-0.2, 0) is 4.74 Å². The number of hydrogen-bond acceptors (Lipinski definition) is 2. The first-order chi connectivity index (χ1) is 6.23. The van der Waals surface area contributed by atoms with Crippen molar-refractivity contribution >= 4 is 0 Å². The van der Waals surface area contributed by atoms with Crippen LogP contribution in [0.15, 0.2) is 0 Å². The molecule has 0 amide bonds. The summed E-state index contributed by atoms with van der Waals surface area (Å²) in [6, 6.07) is 0. The van der Waals surface area contributed by atoms with Crippen molar-refractivity contribution in [1.29, 1.82) is 0 Å². The van der Waals surface area contributed by atoms with Gasteiger partial charge in [0.2, 0.25) is 0 Å². The second-order valence-corrected chi connectivity index (χ2v) is 4.07. The van der Waals surface area contributed by atoms with Crippen LogP contribution in [0.4, 0.5) is 0 Å². The van der Waals surface area contributed by atoms with Crippen molar-refractivity contribution in [2.24, 2.45) is 11.8 Å². The summed E-state index contributed by atoms with van der Waals surface area (Å²) in [5.74, 6) is 1.06. The molecule has 0 radical (unpaired) electrons. The van der Waals surface area contributed by atoms with Crippen LogP contribution in [0.2, 0.25) is 0 Å². The molecule has 1 saturated carbocycles. The topological polar surface area (TPSA) is 16.8 Å². The van der Waals surface area contributed by atoms with Crippen LogP contribution in [0.1, 0.15) is 13.8 Å². The van der Waals surface area contributed by atoms with E-state index >= 15 is 0 Å². The van der Waals surface area contributed by atoms with E-state index in [9.17, 15) is 0 Å². The van der Waals surface area contributed by atoms with Crippen LogP contribution in [-0.4, -0.2) is 36.9 Å². The summed E-state index contributed by atoms with van der Waals surface area (Å²) in [6.45, 7) is 15.1. The van der Waals surface area contributed by atoms with Gasteiger partial charge in [-0.05, 0) is 0 Å². The van der Waals surface area contributed by atoms with Crippen molar-refractivity contribution in [3.8, 4) is 0 Å². The first-order valence-electron chi connectivity index (χ1n) is 4.95. The Hall–Kier alpha value is -0.590. The van der Waals surface area contributed by atoms with Gasteiger partial charge in [-0.25, -0.2) is 11.5 Å². The zero-order valence-electron chi connectivity index (χ0n) is 8.29. The lowest BCUT2D eigenvalue weighted by molar-refractivity contribution is 0.0141. The fraction of sp³-hybridized carbons (Fsp3) is 0.900. The van der Waals surface area contributed by atoms with Crippen molar-refractivity contribution in [2.75, 3.05) is 26.3 Å². The minimum absolute atomic E-state index is 0.177. The third-order valence-electron chi connectivity index (χ3n) is 3.68. The molecule has 0 spiro atoms. The SMILES string of the molecule is [C-]#[N+]C1(N2CCOCC2)C(C)C1C. The molecule has 2 atom stereocenters. The molecular weight excluding hydrogens is 164 g/mol. The Morgan fingerprint density at radius 1 is 1.31 bits per heavy atom. The molecule has 2 unspecified atom stereocenters.